The minimum atomic E-state index is -0.884. The molecule has 2 aliphatic rings. The third kappa shape index (κ3) is 3.67. The maximum Gasteiger partial charge on any atom is 0.350 e. The van der Waals surface area contributed by atoms with Gasteiger partial charge < -0.3 is 9.40 Å². The number of carbonyl (C=O) groups excluding carboxylic acids is 2. The van der Waals surface area contributed by atoms with Crippen LogP contribution < -0.4 is 10.3 Å². The number of fused-ring (bicyclic) bond motifs is 2. The molecule has 4 heterocycles. The number of hydrogen-bond acceptors (Lipinski definition) is 6. The zero-order valence-electron chi connectivity index (χ0n) is 20.6. The number of hydrazine groups is 1. The molecule has 2 saturated heterocycles. The van der Waals surface area contributed by atoms with E-state index in [1.807, 2.05) is 26.0 Å². The van der Waals surface area contributed by atoms with Crippen molar-refractivity contribution in [2.24, 2.45) is 4.99 Å². The Labute approximate surface area is 212 Å². The highest BCUT2D eigenvalue weighted by Crippen LogP contribution is 2.38. The van der Waals surface area contributed by atoms with Crippen molar-refractivity contribution in [3.8, 4) is 0 Å². The number of aryl methyl sites for hydroxylation is 1. The molecule has 10 nitrogen and oxygen atoms in total. The van der Waals surface area contributed by atoms with Crippen LogP contribution in [0.5, 0.6) is 0 Å². The van der Waals surface area contributed by atoms with E-state index in [1.165, 1.54) is 21.2 Å². The highest BCUT2D eigenvalue weighted by molar-refractivity contribution is 6.17. The molecule has 37 heavy (non-hydrogen) atoms. The van der Waals surface area contributed by atoms with E-state index in [4.69, 9.17) is 9.41 Å². The molecule has 2 aromatic carbocycles. The molecular weight excluding hydrogens is 472 g/mol. The largest absolute Gasteiger partial charge is 0.464 e. The maximum absolute atomic E-state index is 14.1. The van der Waals surface area contributed by atoms with Crippen molar-refractivity contribution in [1.29, 1.82) is 0 Å². The Morgan fingerprint density at radius 3 is 2.81 bits per heavy atom. The number of aromatic nitrogens is 2. The number of aliphatic imine (C=N–C) groups is 1. The van der Waals surface area contributed by atoms with E-state index >= 15 is 0 Å². The number of imidazole rings is 1. The molecule has 6 rings (SSSR count). The smallest absolute Gasteiger partial charge is 0.350 e. The molecule has 1 atom stereocenters. The fraction of sp³-hybridized carbons (Fsp3) is 0.296. The summed E-state index contributed by atoms with van der Waals surface area (Å²) in [5.41, 5.74) is 3.45. The number of anilines is 1. The van der Waals surface area contributed by atoms with Crippen molar-refractivity contribution in [3.63, 3.8) is 0 Å². The van der Waals surface area contributed by atoms with Crippen LogP contribution in [-0.4, -0.2) is 50.8 Å². The number of amidine groups is 1. The monoisotopic (exact) mass is 498 g/mol. The van der Waals surface area contributed by atoms with Gasteiger partial charge in [-0.05, 0) is 50.1 Å². The predicted molar refractivity (Wildman–Crippen MR) is 139 cm³/mol. The fourth-order valence-electron chi connectivity index (χ4n) is 5.05. The normalized spacial score (nSPS) is 19.4. The molecule has 0 saturated carbocycles. The molecular formula is C27H26N6O4. The molecule has 2 aliphatic heterocycles. The summed E-state index contributed by atoms with van der Waals surface area (Å²) in [6.45, 7) is 4.73. The zero-order valence-corrected chi connectivity index (χ0v) is 20.6. The third-order valence-corrected chi connectivity index (χ3v) is 6.83. The first kappa shape index (κ1) is 23.0. The molecule has 10 heteroatoms. The topological polar surface area (TPSA) is 115 Å². The lowest BCUT2D eigenvalue weighted by molar-refractivity contribution is -0.134. The van der Waals surface area contributed by atoms with E-state index < -0.39 is 12.1 Å². The van der Waals surface area contributed by atoms with Crippen LogP contribution in [0.1, 0.15) is 43.4 Å². The molecule has 2 fully saturated rings. The number of carbonyl (C=O) groups is 2. The van der Waals surface area contributed by atoms with Crippen LogP contribution >= 0.6 is 0 Å². The maximum atomic E-state index is 14.1. The molecule has 2 aromatic heterocycles. The molecule has 0 bridgehead atoms. The van der Waals surface area contributed by atoms with E-state index in [0.717, 1.165) is 17.5 Å². The average Bonchev–Trinajstić information content (AvgIpc) is 3.60. The Balaban J connectivity index is 1.60. The summed E-state index contributed by atoms with van der Waals surface area (Å²) in [5.74, 6) is 0.186. The summed E-state index contributed by atoms with van der Waals surface area (Å²) in [6, 6.07) is 9.51. The van der Waals surface area contributed by atoms with Crippen LogP contribution in [0.2, 0.25) is 0 Å². The van der Waals surface area contributed by atoms with E-state index in [9.17, 15) is 14.4 Å². The number of aromatic amines is 1. The van der Waals surface area contributed by atoms with Gasteiger partial charge in [-0.25, -0.2) is 14.8 Å². The SMILES string of the molecule is CCCN=C1C(c2coc3ccc(C)cc3c2=O)N(c2ccc3[nH]cnc3c2)C(=O)N1N1CCCC1=O. The highest BCUT2D eigenvalue weighted by Gasteiger charge is 2.50. The van der Waals surface area contributed by atoms with E-state index in [0.29, 0.717) is 53.9 Å². The van der Waals surface area contributed by atoms with Gasteiger partial charge in [-0.15, -0.1) is 0 Å². The number of nitrogens with zero attached hydrogens (tertiary/aromatic N) is 5. The first-order valence-corrected chi connectivity index (χ1v) is 12.4. The lowest BCUT2D eigenvalue weighted by Gasteiger charge is -2.27. The summed E-state index contributed by atoms with van der Waals surface area (Å²) in [4.78, 5) is 54.4. The lowest BCUT2D eigenvalue weighted by Crippen LogP contribution is -2.48. The summed E-state index contributed by atoms with van der Waals surface area (Å²) in [6.07, 6.45) is 4.73. The Morgan fingerprint density at radius 1 is 1.16 bits per heavy atom. The molecule has 188 valence electrons. The minimum Gasteiger partial charge on any atom is -0.464 e. The molecule has 0 radical (unpaired) electrons. The van der Waals surface area contributed by atoms with Gasteiger partial charge in [0.2, 0.25) is 5.91 Å². The molecule has 4 aromatic rings. The van der Waals surface area contributed by atoms with E-state index in [-0.39, 0.29) is 16.9 Å². The number of benzene rings is 2. The van der Waals surface area contributed by atoms with Gasteiger partial charge in [0.05, 0.1) is 28.3 Å². The second-order valence-electron chi connectivity index (χ2n) is 9.35. The number of urea groups is 1. The van der Waals surface area contributed by atoms with Gasteiger partial charge in [0.1, 0.15) is 17.9 Å². The van der Waals surface area contributed by atoms with Crippen molar-refractivity contribution in [2.75, 3.05) is 18.0 Å². The second-order valence-corrected chi connectivity index (χ2v) is 9.35. The number of nitrogens with one attached hydrogen (secondary N) is 1. The van der Waals surface area contributed by atoms with Crippen molar-refractivity contribution in [2.45, 2.75) is 39.2 Å². The van der Waals surface area contributed by atoms with Gasteiger partial charge in [0.15, 0.2) is 11.3 Å². The second kappa shape index (κ2) is 8.88. The highest BCUT2D eigenvalue weighted by atomic mass is 16.3. The molecule has 1 unspecified atom stereocenters. The van der Waals surface area contributed by atoms with Crippen molar-refractivity contribution in [1.82, 2.24) is 20.0 Å². The first-order valence-electron chi connectivity index (χ1n) is 12.4. The average molecular weight is 499 g/mol. The molecule has 3 amide bonds. The minimum absolute atomic E-state index is 0.151. The molecule has 1 N–H and O–H groups in total. The zero-order chi connectivity index (χ0) is 25.7. The van der Waals surface area contributed by atoms with Crippen LogP contribution in [0.15, 0.2) is 63.2 Å². The van der Waals surface area contributed by atoms with Crippen LogP contribution in [-0.2, 0) is 4.79 Å². The predicted octanol–water partition coefficient (Wildman–Crippen LogP) is 4.31. The Morgan fingerprint density at radius 2 is 2.03 bits per heavy atom. The lowest BCUT2D eigenvalue weighted by atomic mass is 10.0. The Hall–Kier alpha value is -4.47. The number of amides is 3. The van der Waals surface area contributed by atoms with Gasteiger partial charge >= 0.3 is 6.03 Å². The van der Waals surface area contributed by atoms with Crippen LogP contribution in [0.3, 0.4) is 0 Å². The number of hydrogen-bond donors (Lipinski definition) is 1. The van der Waals surface area contributed by atoms with Crippen molar-refractivity contribution in [3.05, 3.63) is 70.3 Å². The fourth-order valence-corrected chi connectivity index (χ4v) is 5.05. The van der Waals surface area contributed by atoms with Gasteiger partial charge in [-0.2, -0.15) is 5.01 Å². The number of rotatable bonds is 5. The quantitative estimate of drug-likeness (QED) is 0.440. The van der Waals surface area contributed by atoms with Crippen LogP contribution in [0, 0.1) is 6.92 Å². The summed E-state index contributed by atoms with van der Waals surface area (Å²) >= 11 is 0. The van der Waals surface area contributed by atoms with Crippen molar-refractivity contribution < 1.29 is 14.0 Å². The van der Waals surface area contributed by atoms with E-state index in [2.05, 4.69) is 9.97 Å². The van der Waals surface area contributed by atoms with Crippen molar-refractivity contribution >= 4 is 45.5 Å². The number of H-pyrrole nitrogens is 1. The first-order chi connectivity index (χ1) is 18.0. The van der Waals surface area contributed by atoms with Gasteiger partial charge in [-0.3, -0.25) is 19.5 Å². The Kier molecular flexibility index (Phi) is 5.51. The third-order valence-electron chi connectivity index (χ3n) is 6.83. The van der Waals surface area contributed by atoms with E-state index in [1.54, 1.807) is 30.6 Å². The summed E-state index contributed by atoms with van der Waals surface area (Å²) in [5, 5.41) is 3.23. The van der Waals surface area contributed by atoms with Gasteiger partial charge in [0, 0.05) is 25.2 Å². The Bertz CT molecular complexity index is 1640. The summed E-state index contributed by atoms with van der Waals surface area (Å²) < 4.78 is 5.89. The van der Waals surface area contributed by atoms with Gasteiger partial charge in [-0.1, -0.05) is 18.6 Å². The van der Waals surface area contributed by atoms with Crippen LogP contribution in [0.4, 0.5) is 10.5 Å². The summed E-state index contributed by atoms with van der Waals surface area (Å²) in [7, 11) is 0. The van der Waals surface area contributed by atoms with Crippen LogP contribution in [0.25, 0.3) is 22.0 Å². The standard InChI is InChI=1S/C27H26N6O4/c1-3-10-28-26-24(19-14-37-22-9-6-16(2)12-18(22)25(19)35)32(17-7-8-20-21(13-17)30-15-29-20)27(36)33(26)31-11-4-5-23(31)34/h6-9,12-15,24H,3-5,10-11H2,1-2H3,(H,29,30). The molecule has 0 aliphatic carbocycles. The van der Waals surface area contributed by atoms with Gasteiger partial charge in [0.25, 0.3) is 0 Å². The molecule has 0 spiro atoms.